The minimum Gasteiger partial charge on any atom is -0.465 e. The Hall–Kier alpha value is -1.10. The Kier molecular flexibility index (Phi) is 3.90. The second-order valence-electron chi connectivity index (χ2n) is 5.05. The Morgan fingerprint density at radius 3 is 2.72 bits per heavy atom. The minimum absolute atomic E-state index is 0.0910. The summed E-state index contributed by atoms with van der Waals surface area (Å²) in [6.07, 6.45) is 2.67. The molecule has 2 rings (SSSR count). The van der Waals surface area contributed by atoms with Crippen molar-refractivity contribution in [2.45, 2.75) is 39.2 Å². The molecule has 5 nitrogen and oxygen atoms in total. The number of carbonyl (C=O) groups excluding carboxylic acids is 2. The van der Waals surface area contributed by atoms with Gasteiger partial charge in [-0.1, -0.05) is 0 Å². The van der Waals surface area contributed by atoms with Gasteiger partial charge in [-0.2, -0.15) is 0 Å². The summed E-state index contributed by atoms with van der Waals surface area (Å²) in [4.78, 5) is 25.3. The van der Waals surface area contributed by atoms with E-state index in [9.17, 15) is 9.59 Å². The van der Waals surface area contributed by atoms with Crippen LogP contribution < -0.4 is 0 Å². The van der Waals surface area contributed by atoms with Gasteiger partial charge in [0, 0.05) is 13.2 Å². The molecule has 1 heterocycles. The molecular weight excluding hydrogens is 234 g/mol. The second kappa shape index (κ2) is 5.26. The Labute approximate surface area is 107 Å². The summed E-state index contributed by atoms with van der Waals surface area (Å²) in [6, 6.07) is 0. The summed E-state index contributed by atoms with van der Waals surface area (Å²) in [5.74, 6) is -0.213. The van der Waals surface area contributed by atoms with Gasteiger partial charge in [-0.15, -0.1) is 0 Å². The van der Waals surface area contributed by atoms with Crippen LogP contribution in [-0.4, -0.2) is 49.2 Å². The van der Waals surface area contributed by atoms with Gasteiger partial charge in [-0.05, 0) is 33.1 Å². The molecule has 1 aliphatic carbocycles. The molecule has 0 bridgehead atoms. The quantitative estimate of drug-likeness (QED) is 0.687. The van der Waals surface area contributed by atoms with Gasteiger partial charge in [0.25, 0.3) is 0 Å². The number of carbonyl (C=O) groups is 2. The maximum absolute atomic E-state index is 12.3. The average molecular weight is 255 g/mol. The minimum atomic E-state index is -0.316. The summed E-state index contributed by atoms with van der Waals surface area (Å²) in [7, 11) is 0. The van der Waals surface area contributed by atoms with Crippen LogP contribution in [0.3, 0.4) is 0 Å². The highest BCUT2D eigenvalue weighted by Gasteiger charge is 2.55. The number of rotatable bonds is 5. The van der Waals surface area contributed by atoms with Gasteiger partial charge in [0.05, 0.1) is 18.1 Å². The molecule has 2 aliphatic rings. The SMILES string of the molecule is CCOC(=O)CN1CCC2(CC(OCC)C2)C1=O. The third-order valence-electron chi connectivity index (χ3n) is 3.87. The van der Waals surface area contributed by atoms with Crippen molar-refractivity contribution in [1.29, 1.82) is 0 Å². The maximum atomic E-state index is 12.3. The first kappa shape index (κ1) is 13.3. The van der Waals surface area contributed by atoms with Crippen LogP contribution in [0.2, 0.25) is 0 Å². The predicted molar refractivity (Wildman–Crippen MR) is 64.9 cm³/mol. The molecule has 0 atom stereocenters. The fourth-order valence-electron chi connectivity index (χ4n) is 2.95. The number of amides is 1. The van der Waals surface area contributed by atoms with E-state index in [0.717, 1.165) is 19.3 Å². The number of hydrogen-bond donors (Lipinski definition) is 0. The molecule has 1 saturated carbocycles. The molecule has 0 aromatic carbocycles. The zero-order valence-corrected chi connectivity index (χ0v) is 11.1. The molecule has 18 heavy (non-hydrogen) atoms. The van der Waals surface area contributed by atoms with Crippen LogP contribution in [0, 0.1) is 5.41 Å². The highest BCUT2D eigenvalue weighted by atomic mass is 16.5. The zero-order chi connectivity index (χ0) is 13.2. The van der Waals surface area contributed by atoms with Crippen molar-refractivity contribution in [3.8, 4) is 0 Å². The van der Waals surface area contributed by atoms with Crippen molar-refractivity contribution in [1.82, 2.24) is 4.90 Å². The van der Waals surface area contributed by atoms with Crippen molar-refractivity contribution in [2.75, 3.05) is 26.3 Å². The van der Waals surface area contributed by atoms with Crippen molar-refractivity contribution >= 4 is 11.9 Å². The van der Waals surface area contributed by atoms with E-state index in [1.165, 1.54) is 0 Å². The topological polar surface area (TPSA) is 55.8 Å². The zero-order valence-electron chi connectivity index (χ0n) is 11.1. The van der Waals surface area contributed by atoms with Gasteiger partial charge in [0.15, 0.2) is 0 Å². The van der Waals surface area contributed by atoms with E-state index in [0.29, 0.717) is 19.8 Å². The normalized spacial score (nSPS) is 30.7. The van der Waals surface area contributed by atoms with Gasteiger partial charge >= 0.3 is 5.97 Å². The smallest absolute Gasteiger partial charge is 0.325 e. The Morgan fingerprint density at radius 2 is 2.11 bits per heavy atom. The van der Waals surface area contributed by atoms with E-state index in [1.807, 2.05) is 6.92 Å². The van der Waals surface area contributed by atoms with Gasteiger partial charge in [0.2, 0.25) is 5.91 Å². The van der Waals surface area contributed by atoms with Crippen LogP contribution >= 0.6 is 0 Å². The lowest BCUT2D eigenvalue weighted by atomic mass is 9.65. The van der Waals surface area contributed by atoms with Gasteiger partial charge in [0.1, 0.15) is 6.54 Å². The highest BCUT2D eigenvalue weighted by molar-refractivity contribution is 5.89. The lowest BCUT2D eigenvalue weighted by Gasteiger charge is -2.42. The predicted octanol–water partition coefficient (Wildman–Crippen LogP) is 0.967. The number of ether oxygens (including phenoxy) is 2. The molecule has 102 valence electrons. The van der Waals surface area contributed by atoms with Gasteiger partial charge < -0.3 is 14.4 Å². The first-order chi connectivity index (χ1) is 8.61. The van der Waals surface area contributed by atoms with Crippen LogP contribution in [0.4, 0.5) is 0 Å². The van der Waals surface area contributed by atoms with Crippen LogP contribution in [0.1, 0.15) is 33.1 Å². The van der Waals surface area contributed by atoms with E-state index >= 15 is 0 Å². The van der Waals surface area contributed by atoms with E-state index in [-0.39, 0.29) is 29.9 Å². The van der Waals surface area contributed by atoms with Crippen LogP contribution in [0.5, 0.6) is 0 Å². The van der Waals surface area contributed by atoms with Crippen molar-refractivity contribution in [3.05, 3.63) is 0 Å². The number of likely N-dealkylation sites (tertiary alicyclic amines) is 1. The van der Waals surface area contributed by atoms with Crippen LogP contribution in [-0.2, 0) is 19.1 Å². The summed E-state index contributed by atoms with van der Waals surface area (Å²) < 4.78 is 10.4. The third kappa shape index (κ3) is 2.36. The molecule has 1 saturated heterocycles. The number of nitrogens with zero attached hydrogens (tertiary/aromatic N) is 1. The molecule has 0 aromatic heterocycles. The first-order valence-corrected chi connectivity index (χ1v) is 6.68. The molecular formula is C13H21NO4. The lowest BCUT2D eigenvalue weighted by Crippen LogP contribution is -2.48. The van der Waals surface area contributed by atoms with Crippen molar-refractivity contribution < 1.29 is 19.1 Å². The Morgan fingerprint density at radius 1 is 1.39 bits per heavy atom. The molecule has 0 unspecified atom stereocenters. The number of hydrogen-bond acceptors (Lipinski definition) is 4. The number of esters is 1. The van der Waals surface area contributed by atoms with Crippen LogP contribution in [0.25, 0.3) is 0 Å². The highest BCUT2D eigenvalue weighted by Crippen LogP contribution is 2.50. The average Bonchev–Trinajstić information content (AvgIpc) is 2.58. The molecule has 5 heteroatoms. The van der Waals surface area contributed by atoms with E-state index < -0.39 is 0 Å². The second-order valence-corrected chi connectivity index (χ2v) is 5.05. The standard InChI is InChI=1S/C13H21NO4/c1-3-17-10-7-13(8-10)5-6-14(12(13)16)9-11(15)18-4-2/h10H,3-9H2,1-2H3. The molecule has 1 amide bonds. The Bertz CT molecular complexity index is 336. The molecule has 0 aromatic rings. The summed E-state index contributed by atoms with van der Waals surface area (Å²) in [5.41, 5.74) is -0.244. The lowest BCUT2D eigenvalue weighted by molar-refractivity contribution is -0.156. The van der Waals surface area contributed by atoms with Crippen LogP contribution in [0.15, 0.2) is 0 Å². The van der Waals surface area contributed by atoms with Crippen molar-refractivity contribution in [2.24, 2.45) is 5.41 Å². The fourth-order valence-corrected chi connectivity index (χ4v) is 2.95. The third-order valence-corrected chi connectivity index (χ3v) is 3.87. The fraction of sp³-hybridized carbons (Fsp3) is 0.846. The van der Waals surface area contributed by atoms with Gasteiger partial charge in [-0.3, -0.25) is 9.59 Å². The van der Waals surface area contributed by atoms with Gasteiger partial charge in [-0.25, -0.2) is 0 Å². The van der Waals surface area contributed by atoms with E-state index in [2.05, 4.69) is 0 Å². The molecule has 1 aliphatic heterocycles. The van der Waals surface area contributed by atoms with Crippen molar-refractivity contribution in [3.63, 3.8) is 0 Å². The van der Waals surface area contributed by atoms with E-state index in [1.54, 1.807) is 11.8 Å². The maximum Gasteiger partial charge on any atom is 0.325 e. The van der Waals surface area contributed by atoms with E-state index in [4.69, 9.17) is 9.47 Å². The monoisotopic (exact) mass is 255 g/mol. The summed E-state index contributed by atoms with van der Waals surface area (Å²) in [6.45, 7) is 5.54. The molecule has 0 radical (unpaired) electrons. The molecule has 0 N–H and O–H groups in total. The largest absolute Gasteiger partial charge is 0.465 e. The Balaban J connectivity index is 1.85. The first-order valence-electron chi connectivity index (χ1n) is 6.68. The summed E-state index contributed by atoms with van der Waals surface area (Å²) >= 11 is 0. The molecule has 1 spiro atoms. The molecule has 2 fully saturated rings. The summed E-state index contributed by atoms with van der Waals surface area (Å²) in [5, 5.41) is 0.